The quantitative estimate of drug-likeness (QED) is 0.662. The van der Waals surface area contributed by atoms with Crippen molar-refractivity contribution in [1.29, 1.82) is 0 Å². The summed E-state index contributed by atoms with van der Waals surface area (Å²) in [7, 11) is 0. The molecule has 1 aliphatic carbocycles. The molecule has 98 valence electrons. The Morgan fingerprint density at radius 3 is 2.47 bits per heavy atom. The molecule has 17 heavy (non-hydrogen) atoms. The van der Waals surface area contributed by atoms with Gasteiger partial charge in [-0.25, -0.2) is 0 Å². The van der Waals surface area contributed by atoms with E-state index in [-0.39, 0.29) is 30.2 Å². The van der Waals surface area contributed by atoms with Crippen molar-refractivity contribution in [2.45, 2.75) is 45.1 Å². The summed E-state index contributed by atoms with van der Waals surface area (Å²) < 4.78 is 0. The second kappa shape index (κ2) is 6.59. The Hall–Kier alpha value is -1.10. The van der Waals surface area contributed by atoms with E-state index in [4.69, 9.17) is 10.8 Å². The number of carbonyl (C=O) groups is 2. The first-order chi connectivity index (χ1) is 7.99. The van der Waals surface area contributed by atoms with E-state index in [1.807, 2.05) is 6.92 Å². The summed E-state index contributed by atoms with van der Waals surface area (Å²) in [4.78, 5) is 22.3. The highest BCUT2D eigenvalue weighted by Gasteiger charge is 2.24. The molecule has 0 aliphatic heterocycles. The van der Waals surface area contributed by atoms with E-state index in [1.165, 1.54) is 0 Å². The van der Waals surface area contributed by atoms with Crippen LogP contribution in [0, 0.1) is 11.8 Å². The number of hydrogen-bond donors (Lipinski definition) is 3. The van der Waals surface area contributed by atoms with Crippen LogP contribution in [0.4, 0.5) is 0 Å². The zero-order chi connectivity index (χ0) is 12.8. The van der Waals surface area contributed by atoms with E-state index in [0.29, 0.717) is 6.54 Å². The number of carboxylic acid groups (broad SMARTS) is 1. The zero-order valence-electron chi connectivity index (χ0n) is 10.3. The monoisotopic (exact) mass is 242 g/mol. The molecular weight excluding hydrogens is 220 g/mol. The van der Waals surface area contributed by atoms with Gasteiger partial charge in [-0.3, -0.25) is 9.59 Å². The van der Waals surface area contributed by atoms with Crippen LogP contribution in [-0.4, -0.2) is 29.6 Å². The van der Waals surface area contributed by atoms with E-state index in [2.05, 4.69) is 5.32 Å². The summed E-state index contributed by atoms with van der Waals surface area (Å²) in [6, 6.07) is 0.241. The summed E-state index contributed by atoms with van der Waals surface area (Å²) in [6.07, 6.45) is 3.60. The Labute approximate surface area is 102 Å². The molecule has 4 N–H and O–H groups in total. The Morgan fingerprint density at radius 2 is 1.94 bits per heavy atom. The lowest BCUT2D eigenvalue weighted by Gasteiger charge is -2.25. The number of hydrogen-bond acceptors (Lipinski definition) is 3. The third-order valence-electron chi connectivity index (χ3n) is 3.29. The van der Waals surface area contributed by atoms with Crippen LogP contribution in [0.3, 0.4) is 0 Å². The van der Waals surface area contributed by atoms with Crippen LogP contribution < -0.4 is 11.1 Å². The smallest absolute Gasteiger partial charge is 0.303 e. The summed E-state index contributed by atoms with van der Waals surface area (Å²) in [6.45, 7) is 2.26. The van der Waals surface area contributed by atoms with Gasteiger partial charge in [0.15, 0.2) is 0 Å². The van der Waals surface area contributed by atoms with Crippen molar-refractivity contribution < 1.29 is 14.7 Å². The summed E-state index contributed by atoms with van der Waals surface area (Å²) in [5.74, 6) is -0.737. The molecule has 0 aromatic carbocycles. The topological polar surface area (TPSA) is 92.4 Å². The van der Waals surface area contributed by atoms with Crippen molar-refractivity contribution in [3.8, 4) is 0 Å². The number of rotatable bonds is 5. The molecule has 0 saturated heterocycles. The maximum atomic E-state index is 11.8. The van der Waals surface area contributed by atoms with E-state index >= 15 is 0 Å². The predicted molar refractivity (Wildman–Crippen MR) is 64.4 cm³/mol. The van der Waals surface area contributed by atoms with E-state index < -0.39 is 5.97 Å². The normalized spacial score (nSPS) is 26.2. The molecule has 1 fully saturated rings. The molecule has 1 rings (SSSR count). The van der Waals surface area contributed by atoms with E-state index in [9.17, 15) is 9.59 Å². The van der Waals surface area contributed by atoms with Gasteiger partial charge in [0.05, 0.1) is 0 Å². The fourth-order valence-corrected chi connectivity index (χ4v) is 2.17. The van der Waals surface area contributed by atoms with Gasteiger partial charge in [-0.1, -0.05) is 6.92 Å². The fourth-order valence-electron chi connectivity index (χ4n) is 2.17. The first kappa shape index (κ1) is 14.0. The van der Waals surface area contributed by atoms with Gasteiger partial charge in [-0.15, -0.1) is 0 Å². The Balaban J connectivity index is 2.22. The molecule has 0 heterocycles. The number of aliphatic carboxylic acids is 1. The lowest BCUT2D eigenvalue weighted by atomic mass is 9.86. The van der Waals surface area contributed by atoms with Crippen molar-refractivity contribution in [3.05, 3.63) is 0 Å². The molecule has 5 nitrogen and oxygen atoms in total. The fraction of sp³-hybridized carbons (Fsp3) is 0.833. The van der Waals surface area contributed by atoms with Gasteiger partial charge in [-0.2, -0.15) is 0 Å². The maximum absolute atomic E-state index is 11.8. The van der Waals surface area contributed by atoms with Crippen molar-refractivity contribution in [2.75, 3.05) is 6.54 Å². The Morgan fingerprint density at radius 1 is 1.35 bits per heavy atom. The van der Waals surface area contributed by atoms with E-state index in [1.54, 1.807) is 0 Å². The highest BCUT2D eigenvalue weighted by Crippen LogP contribution is 2.23. The molecule has 5 heteroatoms. The van der Waals surface area contributed by atoms with Crippen LogP contribution in [0.15, 0.2) is 0 Å². The molecule has 1 unspecified atom stereocenters. The molecule has 0 bridgehead atoms. The predicted octanol–water partition coefficient (Wildman–Crippen LogP) is 0.731. The minimum Gasteiger partial charge on any atom is -0.481 e. The summed E-state index contributed by atoms with van der Waals surface area (Å²) in [5.41, 5.74) is 5.78. The van der Waals surface area contributed by atoms with Gasteiger partial charge in [0.25, 0.3) is 0 Å². The molecule has 0 radical (unpaired) electrons. The number of nitrogens with two attached hydrogens (primary N) is 1. The van der Waals surface area contributed by atoms with Gasteiger partial charge >= 0.3 is 5.97 Å². The third-order valence-corrected chi connectivity index (χ3v) is 3.29. The number of carboxylic acids is 1. The second-order valence-electron chi connectivity index (χ2n) is 5.06. The van der Waals surface area contributed by atoms with Crippen molar-refractivity contribution >= 4 is 11.9 Å². The SMILES string of the molecule is CC(CNC(=O)C1CCC(N)CC1)CC(=O)O. The molecule has 1 amide bonds. The van der Waals surface area contributed by atoms with Gasteiger partial charge < -0.3 is 16.2 Å². The molecule has 1 saturated carbocycles. The maximum Gasteiger partial charge on any atom is 0.303 e. The number of nitrogens with one attached hydrogen (secondary N) is 1. The van der Waals surface area contributed by atoms with Gasteiger partial charge in [0.1, 0.15) is 0 Å². The average molecular weight is 242 g/mol. The van der Waals surface area contributed by atoms with Crippen molar-refractivity contribution in [3.63, 3.8) is 0 Å². The van der Waals surface area contributed by atoms with Crippen LogP contribution >= 0.6 is 0 Å². The summed E-state index contributed by atoms with van der Waals surface area (Å²) in [5, 5.41) is 11.4. The average Bonchev–Trinajstić information content (AvgIpc) is 2.26. The Kier molecular flexibility index (Phi) is 5.41. The second-order valence-corrected chi connectivity index (χ2v) is 5.06. The molecule has 1 aliphatic rings. The van der Waals surface area contributed by atoms with E-state index in [0.717, 1.165) is 25.7 Å². The molecule has 0 aromatic rings. The van der Waals surface area contributed by atoms with Crippen molar-refractivity contribution in [2.24, 2.45) is 17.6 Å². The first-order valence-electron chi connectivity index (χ1n) is 6.24. The Bertz CT molecular complexity index is 273. The van der Waals surface area contributed by atoms with Gasteiger partial charge in [0, 0.05) is 24.9 Å². The standard InChI is InChI=1S/C12H22N2O3/c1-8(6-11(15)16)7-14-12(17)9-2-4-10(13)5-3-9/h8-10H,2-7,13H2,1H3,(H,14,17)(H,15,16). The van der Waals surface area contributed by atoms with Gasteiger partial charge in [-0.05, 0) is 31.6 Å². The highest BCUT2D eigenvalue weighted by molar-refractivity contribution is 5.78. The zero-order valence-corrected chi connectivity index (χ0v) is 10.3. The number of amides is 1. The molecular formula is C12H22N2O3. The molecule has 1 atom stereocenters. The van der Waals surface area contributed by atoms with Crippen molar-refractivity contribution in [1.82, 2.24) is 5.32 Å². The minimum atomic E-state index is -0.824. The van der Waals surface area contributed by atoms with Gasteiger partial charge in [0.2, 0.25) is 5.91 Å². The molecule has 0 aromatic heterocycles. The lowest BCUT2D eigenvalue weighted by Crippen LogP contribution is -2.38. The van der Waals surface area contributed by atoms with Crippen LogP contribution in [0.2, 0.25) is 0 Å². The van der Waals surface area contributed by atoms with Crippen LogP contribution in [0.5, 0.6) is 0 Å². The third kappa shape index (κ3) is 5.17. The molecule has 0 spiro atoms. The first-order valence-corrected chi connectivity index (χ1v) is 6.24. The van der Waals surface area contributed by atoms with Crippen LogP contribution in [0.25, 0.3) is 0 Å². The highest BCUT2D eigenvalue weighted by atomic mass is 16.4. The largest absolute Gasteiger partial charge is 0.481 e. The lowest BCUT2D eigenvalue weighted by molar-refractivity contribution is -0.138. The summed E-state index contributed by atoms with van der Waals surface area (Å²) >= 11 is 0. The minimum absolute atomic E-state index is 0.0257. The number of carbonyl (C=O) groups excluding carboxylic acids is 1. The van der Waals surface area contributed by atoms with Crippen LogP contribution in [0.1, 0.15) is 39.0 Å². The van der Waals surface area contributed by atoms with Crippen LogP contribution in [-0.2, 0) is 9.59 Å².